The van der Waals surface area contributed by atoms with E-state index in [1.807, 2.05) is 43.3 Å². The second kappa shape index (κ2) is 9.12. The molecule has 0 saturated heterocycles. The SMILES string of the molecule is COCCCNC(c1ccccc1C)c1ccc(I)cc1S(C)(=O)=O. The van der Waals surface area contributed by atoms with Crippen LogP contribution in [0.15, 0.2) is 47.4 Å². The van der Waals surface area contributed by atoms with Crippen molar-refractivity contribution in [3.8, 4) is 0 Å². The van der Waals surface area contributed by atoms with Crippen molar-refractivity contribution in [2.24, 2.45) is 0 Å². The molecule has 1 atom stereocenters. The smallest absolute Gasteiger partial charge is 0.175 e. The van der Waals surface area contributed by atoms with Crippen molar-refractivity contribution in [2.45, 2.75) is 24.3 Å². The van der Waals surface area contributed by atoms with E-state index in [1.54, 1.807) is 13.2 Å². The molecule has 0 spiro atoms. The fourth-order valence-corrected chi connectivity index (χ4v) is 4.49. The summed E-state index contributed by atoms with van der Waals surface area (Å²) in [6.07, 6.45) is 2.12. The quantitative estimate of drug-likeness (QED) is 0.469. The van der Waals surface area contributed by atoms with Crippen molar-refractivity contribution in [3.05, 3.63) is 62.7 Å². The number of aryl methyl sites for hydroxylation is 1. The van der Waals surface area contributed by atoms with E-state index in [0.29, 0.717) is 11.5 Å². The predicted molar refractivity (Wildman–Crippen MR) is 110 cm³/mol. The Hall–Kier alpha value is -0.960. The van der Waals surface area contributed by atoms with Crippen LogP contribution in [0.5, 0.6) is 0 Å². The minimum atomic E-state index is -3.33. The van der Waals surface area contributed by atoms with Gasteiger partial charge in [-0.2, -0.15) is 0 Å². The molecule has 1 N–H and O–H groups in total. The molecule has 1 unspecified atom stereocenters. The number of hydrogen-bond acceptors (Lipinski definition) is 4. The molecular weight excluding hydrogens is 449 g/mol. The van der Waals surface area contributed by atoms with Gasteiger partial charge in [0.25, 0.3) is 0 Å². The first-order valence-electron chi connectivity index (χ1n) is 8.12. The van der Waals surface area contributed by atoms with E-state index >= 15 is 0 Å². The summed E-state index contributed by atoms with van der Waals surface area (Å²) in [6, 6.07) is 13.5. The summed E-state index contributed by atoms with van der Waals surface area (Å²) < 4.78 is 30.7. The summed E-state index contributed by atoms with van der Waals surface area (Å²) >= 11 is 2.15. The lowest BCUT2D eigenvalue weighted by Gasteiger charge is -2.24. The van der Waals surface area contributed by atoms with E-state index in [-0.39, 0.29) is 6.04 Å². The highest BCUT2D eigenvalue weighted by molar-refractivity contribution is 14.1. The maximum absolute atomic E-state index is 12.4. The maximum Gasteiger partial charge on any atom is 0.175 e. The molecular formula is C19H24INO3S. The summed E-state index contributed by atoms with van der Waals surface area (Å²) in [5, 5.41) is 3.51. The monoisotopic (exact) mass is 473 g/mol. The molecule has 0 aromatic heterocycles. The Morgan fingerprint density at radius 3 is 2.52 bits per heavy atom. The van der Waals surface area contributed by atoms with Gasteiger partial charge in [0.1, 0.15) is 0 Å². The number of benzene rings is 2. The fourth-order valence-electron chi connectivity index (χ4n) is 2.83. The van der Waals surface area contributed by atoms with Crippen LogP contribution in [-0.4, -0.2) is 34.9 Å². The largest absolute Gasteiger partial charge is 0.385 e. The number of nitrogens with one attached hydrogen (secondary N) is 1. The lowest BCUT2D eigenvalue weighted by Crippen LogP contribution is -2.26. The lowest BCUT2D eigenvalue weighted by molar-refractivity contribution is 0.193. The molecule has 0 saturated carbocycles. The number of sulfone groups is 1. The molecule has 136 valence electrons. The molecule has 0 heterocycles. The molecule has 0 aliphatic heterocycles. The van der Waals surface area contributed by atoms with Gasteiger partial charge < -0.3 is 10.1 Å². The zero-order chi connectivity index (χ0) is 18.4. The average molecular weight is 473 g/mol. The second-order valence-electron chi connectivity index (χ2n) is 6.04. The van der Waals surface area contributed by atoms with Gasteiger partial charge in [-0.05, 0) is 71.3 Å². The van der Waals surface area contributed by atoms with Crippen LogP contribution in [0.25, 0.3) is 0 Å². The number of hydrogen-bond donors (Lipinski definition) is 1. The Morgan fingerprint density at radius 1 is 1.16 bits per heavy atom. The van der Waals surface area contributed by atoms with E-state index in [4.69, 9.17) is 4.74 Å². The first-order chi connectivity index (χ1) is 11.8. The molecule has 2 aromatic carbocycles. The Balaban J connectivity index is 2.51. The number of rotatable bonds is 8. The van der Waals surface area contributed by atoms with Crippen LogP contribution < -0.4 is 5.32 Å². The van der Waals surface area contributed by atoms with Crippen molar-refractivity contribution in [1.29, 1.82) is 0 Å². The van der Waals surface area contributed by atoms with E-state index in [0.717, 1.165) is 33.2 Å². The molecule has 0 aliphatic carbocycles. The first kappa shape index (κ1) is 20.4. The summed E-state index contributed by atoms with van der Waals surface area (Å²) in [5.41, 5.74) is 3.01. The molecule has 4 nitrogen and oxygen atoms in total. The summed E-state index contributed by atoms with van der Waals surface area (Å²) in [5.74, 6) is 0. The van der Waals surface area contributed by atoms with Crippen LogP contribution in [0.3, 0.4) is 0 Å². The van der Waals surface area contributed by atoms with Crippen molar-refractivity contribution < 1.29 is 13.2 Å². The van der Waals surface area contributed by atoms with E-state index in [9.17, 15) is 8.42 Å². The second-order valence-corrected chi connectivity index (χ2v) is 9.27. The van der Waals surface area contributed by atoms with Crippen LogP contribution in [0, 0.1) is 10.5 Å². The van der Waals surface area contributed by atoms with Crippen LogP contribution in [-0.2, 0) is 14.6 Å². The van der Waals surface area contributed by atoms with Gasteiger partial charge in [0, 0.05) is 23.5 Å². The number of methoxy groups -OCH3 is 1. The molecule has 0 amide bonds. The third kappa shape index (κ3) is 5.51. The van der Waals surface area contributed by atoms with Crippen LogP contribution >= 0.6 is 22.6 Å². The molecule has 0 bridgehead atoms. The van der Waals surface area contributed by atoms with Crippen LogP contribution in [0.1, 0.15) is 29.2 Å². The summed E-state index contributed by atoms with van der Waals surface area (Å²) in [4.78, 5) is 0.381. The third-order valence-electron chi connectivity index (χ3n) is 4.06. The molecule has 0 fully saturated rings. The summed E-state index contributed by atoms with van der Waals surface area (Å²) in [7, 11) is -1.65. The number of ether oxygens (including phenoxy) is 1. The topological polar surface area (TPSA) is 55.4 Å². The lowest BCUT2D eigenvalue weighted by atomic mass is 9.95. The average Bonchev–Trinajstić information content (AvgIpc) is 2.56. The number of halogens is 1. The van der Waals surface area contributed by atoms with Gasteiger partial charge in [0.2, 0.25) is 0 Å². The highest BCUT2D eigenvalue weighted by Crippen LogP contribution is 2.31. The van der Waals surface area contributed by atoms with Gasteiger partial charge in [-0.25, -0.2) is 8.42 Å². The zero-order valence-electron chi connectivity index (χ0n) is 14.8. The van der Waals surface area contributed by atoms with Crippen molar-refractivity contribution in [3.63, 3.8) is 0 Å². The van der Waals surface area contributed by atoms with Gasteiger partial charge in [-0.15, -0.1) is 0 Å². The van der Waals surface area contributed by atoms with Gasteiger partial charge >= 0.3 is 0 Å². The normalized spacial score (nSPS) is 13.0. The molecule has 25 heavy (non-hydrogen) atoms. The van der Waals surface area contributed by atoms with Gasteiger partial charge in [-0.3, -0.25) is 0 Å². The van der Waals surface area contributed by atoms with Gasteiger partial charge in [0.15, 0.2) is 9.84 Å². The molecule has 6 heteroatoms. The molecule has 2 rings (SSSR count). The van der Waals surface area contributed by atoms with Gasteiger partial charge in [0.05, 0.1) is 10.9 Å². The minimum Gasteiger partial charge on any atom is -0.385 e. The molecule has 2 aromatic rings. The Kier molecular flexibility index (Phi) is 7.42. The Bertz CT molecular complexity index is 821. The van der Waals surface area contributed by atoms with E-state index in [2.05, 4.69) is 27.9 Å². The van der Waals surface area contributed by atoms with Crippen LogP contribution in [0.4, 0.5) is 0 Å². The van der Waals surface area contributed by atoms with E-state index in [1.165, 1.54) is 6.26 Å². The zero-order valence-corrected chi connectivity index (χ0v) is 17.7. The standard InChI is InChI=1S/C19H24INO3S/c1-14-7-4-5-8-16(14)19(21-11-6-12-24-2)17-10-9-15(20)13-18(17)25(3,22)23/h4-5,7-10,13,19,21H,6,11-12H2,1-3H3. The molecule has 0 radical (unpaired) electrons. The third-order valence-corrected chi connectivity index (χ3v) is 5.88. The first-order valence-corrected chi connectivity index (χ1v) is 11.1. The minimum absolute atomic E-state index is 0.181. The highest BCUT2D eigenvalue weighted by atomic mass is 127. The van der Waals surface area contributed by atoms with Crippen molar-refractivity contribution in [2.75, 3.05) is 26.5 Å². The summed E-state index contributed by atoms with van der Waals surface area (Å²) in [6.45, 7) is 3.45. The van der Waals surface area contributed by atoms with Gasteiger partial charge in [-0.1, -0.05) is 30.3 Å². The highest BCUT2D eigenvalue weighted by Gasteiger charge is 2.23. The predicted octanol–water partition coefficient (Wildman–Crippen LogP) is 3.72. The van der Waals surface area contributed by atoms with Crippen molar-refractivity contribution >= 4 is 32.4 Å². The Morgan fingerprint density at radius 2 is 1.88 bits per heavy atom. The maximum atomic E-state index is 12.4. The molecule has 0 aliphatic rings. The van der Waals surface area contributed by atoms with E-state index < -0.39 is 9.84 Å². The fraction of sp³-hybridized carbons (Fsp3) is 0.368. The Labute approximate surface area is 164 Å². The van der Waals surface area contributed by atoms with Crippen molar-refractivity contribution in [1.82, 2.24) is 5.32 Å². The van der Waals surface area contributed by atoms with Crippen LogP contribution in [0.2, 0.25) is 0 Å².